The van der Waals surface area contributed by atoms with Crippen molar-refractivity contribution in [2.24, 2.45) is 5.92 Å². The number of aryl methyl sites for hydroxylation is 1. The van der Waals surface area contributed by atoms with Crippen LogP contribution in [0.2, 0.25) is 0 Å². The molecule has 6 nitrogen and oxygen atoms in total. The lowest BCUT2D eigenvalue weighted by Gasteiger charge is -2.41. The van der Waals surface area contributed by atoms with E-state index in [2.05, 4.69) is 40.5 Å². The lowest BCUT2D eigenvalue weighted by Crippen LogP contribution is -2.47. The topological polar surface area (TPSA) is 62.2 Å². The van der Waals surface area contributed by atoms with Gasteiger partial charge < -0.3 is 9.80 Å². The summed E-state index contributed by atoms with van der Waals surface area (Å²) in [7, 11) is 0. The van der Waals surface area contributed by atoms with E-state index in [1.54, 1.807) is 0 Å². The minimum Gasteiger partial charge on any atom is -0.334 e. The zero-order valence-electron chi connectivity index (χ0n) is 19.8. The predicted molar refractivity (Wildman–Crippen MR) is 127 cm³/mol. The molecule has 0 aromatic carbocycles. The van der Waals surface area contributed by atoms with Crippen molar-refractivity contribution in [3.8, 4) is 11.1 Å². The van der Waals surface area contributed by atoms with Gasteiger partial charge in [0.1, 0.15) is 5.82 Å². The molecule has 0 radical (unpaired) electrons. The number of aromatic nitrogens is 3. The van der Waals surface area contributed by atoms with Crippen molar-refractivity contribution in [1.29, 1.82) is 0 Å². The van der Waals surface area contributed by atoms with Crippen LogP contribution in [0.4, 0.5) is 0 Å². The molecule has 4 heterocycles. The molecule has 0 aliphatic carbocycles. The highest BCUT2D eigenvalue weighted by Gasteiger charge is 2.36. The first kappa shape index (κ1) is 22.8. The molecule has 2 aromatic heterocycles. The van der Waals surface area contributed by atoms with Gasteiger partial charge >= 0.3 is 0 Å². The average molecular weight is 436 g/mol. The Labute approximate surface area is 192 Å². The Morgan fingerprint density at radius 3 is 2.53 bits per heavy atom. The smallest absolute Gasteiger partial charge is 0.226 e. The Kier molecular flexibility index (Phi) is 7.51. The van der Waals surface area contributed by atoms with Crippen molar-refractivity contribution in [2.75, 3.05) is 19.6 Å². The van der Waals surface area contributed by atoms with E-state index in [-0.39, 0.29) is 12.0 Å². The largest absolute Gasteiger partial charge is 0.334 e. The summed E-state index contributed by atoms with van der Waals surface area (Å²) in [6.07, 6.45) is 12.5. The van der Waals surface area contributed by atoms with Gasteiger partial charge in [-0.3, -0.25) is 9.78 Å². The summed E-state index contributed by atoms with van der Waals surface area (Å²) in [6.45, 7) is 9.50. The highest BCUT2D eigenvalue weighted by atomic mass is 16.2. The molecule has 4 rings (SSSR count). The second-order valence-corrected chi connectivity index (χ2v) is 9.52. The van der Waals surface area contributed by atoms with Crippen LogP contribution in [0, 0.1) is 5.92 Å². The number of hydrogen-bond donors (Lipinski definition) is 0. The molecule has 1 unspecified atom stereocenters. The molecule has 2 aliphatic heterocycles. The maximum absolute atomic E-state index is 13.7. The van der Waals surface area contributed by atoms with Crippen LogP contribution in [-0.2, 0) is 11.2 Å². The first-order chi connectivity index (χ1) is 15.6. The number of amides is 1. The van der Waals surface area contributed by atoms with Crippen molar-refractivity contribution < 1.29 is 4.79 Å². The molecule has 32 heavy (non-hydrogen) atoms. The van der Waals surface area contributed by atoms with Gasteiger partial charge in [0.05, 0.1) is 11.7 Å². The number of pyridine rings is 1. The molecule has 0 saturated carbocycles. The highest BCUT2D eigenvalue weighted by molar-refractivity contribution is 5.80. The highest BCUT2D eigenvalue weighted by Crippen LogP contribution is 2.37. The number of hydrogen-bond acceptors (Lipinski definition) is 5. The summed E-state index contributed by atoms with van der Waals surface area (Å²) in [4.78, 5) is 32.2. The zero-order chi connectivity index (χ0) is 22.5. The molecule has 2 aromatic rings. The van der Waals surface area contributed by atoms with E-state index < -0.39 is 0 Å². The average Bonchev–Trinajstić information content (AvgIpc) is 2.84. The SMILES string of the molecule is CCCc1ncc(-c2ccncc2)c(C2CCCCN2C(=O)C2CCN(C(C)C)CC2)n1. The molecule has 1 amide bonds. The standard InChI is InChI=1S/C26H37N5O/c1-4-7-24-28-18-22(20-9-13-27-14-10-20)25(29-24)23-8-5-6-15-31(23)26(32)21-11-16-30(17-12-21)19(2)3/h9-10,13-14,18-19,21,23H,4-8,11-12,15-17H2,1-3H3. The Bertz CT molecular complexity index is 892. The minimum absolute atomic E-state index is 0.0288. The molecular formula is C26H37N5O. The third-order valence-corrected chi connectivity index (χ3v) is 7.04. The Morgan fingerprint density at radius 2 is 1.84 bits per heavy atom. The van der Waals surface area contributed by atoms with Crippen LogP contribution < -0.4 is 0 Å². The number of rotatable bonds is 6. The van der Waals surface area contributed by atoms with E-state index in [0.29, 0.717) is 11.9 Å². The second-order valence-electron chi connectivity index (χ2n) is 9.52. The van der Waals surface area contributed by atoms with Crippen molar-refractivity contribution in [1.82, 2.24) is 24.8 Å². The molecule has 6 heteroatoms. The number of carbonyl (C=O) groups is 1. The van der Waals surface area contributed by atoms with Gasteiger partial charge in [-0.15, -0.1) is 0 Å². The monoisotopic (exact) mass is 435 g/mol. The first-order valence-electron chi connectivity index (χ1n) is 12.4. The summed E-state index contributed by atoms with van der Waals surface area (Å²) < 4.78 is 0. The maximum atomic E-state index is 13.7. The van der Waals surface area contributed by atoms with Crippen molar-refractivity contribution in [3.63, 3.8) is 0 Å². The van der Waals surface area contributed by atoms with Crippen LogP contribution in [0.3, 0.4) is 0 Å². The molecule has 2 aliphatic rings. The molecule has 2 fully saturated rings. The van der Waals surface area contributed by atoms with E-state index in [9.17, 15) is 4.79 Å². The van der Waals surface area contributed by atoms with Gasteiger partial charge in [0, 0.05) is 49.1 Å². The Morgan fingerprint density at radius 1 is 1.09 bits per heavy atom. The van der Waals surface area contributed by atoms with E-state index in [0.717, 1.165) is 87.2 Å². The summed E-state index contributed by atoms with van der Waals surface area (Å²) >= 11 is 0. The lowest BCUT2D eigenvalue weighted by molar-refractivity contribution is -0.141. The lowest BCUT2D eigenvalue weighted by atomic mass is 9.89. The van der Waals surface area contributed by atoms with Crippen LogP contribution in [-0.4, -0.2) is 56.3 Å². The first-order valence-corrected chi connectivity index (χ1v) is 12.4. The summed E-state index contributed by atoms with van der Waals surface area (Å²) in [5, 5.41) is 0. The van der Waals surface area contributed by atoms with E-state index in [1.165, 1.54) is 0 Å². The molecule has 0 N–H and O–H groups in total. The van der Waals surface area contributed by atoms with Gasteiger partial charge in [-0.05, 0) is 83.2 Å². The summed E-state index contributed by atoms with van der Waals surface area (Å²) in [5.41, 5.74) is 3.12. The molecule has 2 saturated heterocycles. The van der Waals surface area contributed by atoms with Crippen molar-refractivity contribution in [2.45, 2.75) is 77.8 Å². The van der Waals surface area contributed by atoms with Crippen molar-refractivity contribution in [3.05, 3.63) is 42.2 Å². The number of carbonyl (C=O) groups excluding carboxylic acids is 1. The zero-order valence-corrected chi connectivity index (χ0v) is 19.8. The minimum atomic E-state index is 0.0288. The predicted octanol–water partition coefficient (Wildman–Crippen LogP) is 4.67. The van der Waals surface area contributed by atoms with Gasteiger partial charge in [0.15, 0.2) is 0 Å². The van der Waals surface area contributed by atoms with Gasteiger partial charge in [-0.25, -0.2) is 9.97 Å². The van der Waals surface area contributed by atoms with E-state index in [4.69, 9.17) is 4.98 Å². The Balaban J connectivity index is 1.63. The number of piperidine rings is 2. The molecular weight excluding hydrogens is 398 g/mol. The van der Waals surface area contributed by atoms with Gasteiger partial charge in [0.2, 0.25) is 5.91 Å². The fourth-order valence-corrected chi connectivity index (χ4v) is 5.16. The summed E-state index contributed by atoms with van der Waals surface area (Å²) in [6, 6.07) is 4.60. The third-order valence-electron chi connectivity index (χ3n) is 7.04. The fourth-order valence-electron chi connectivity index (χ4n) is 5.16. The van der Waals surface area contributed by atoms with Gasteiger partial charge in [-0.2, -0.15) is 0 Å². The van der Waals surface area contributed by atoms with Gasteiger partial charge in [0.25, 0.3) is 0 Å². The maximum Gasteiger partial charge on any atom is 0.226 e. The molecule has 1 atom stereocenters. The van der Waals surface area contributed by atoms with Crippen LogP contribution in [0.15, 0.2) is 30.7 Å². The number of likely N-dealkylation sites (tertiary alicyclic amines) is 2. The second kappa shape index (κ2) is 10.5. The van der Waals surface area contributed by atoms with Gasteiger partial charge in [-0.1, -0.05) is 6.92 Å². The van der Waals surface area contributed by atoms with Crippen LogP contribution in [0.25, 0.3) is 11.1 Å². The quantitative estimate of drug-likeness (QED) is 0.660. The van der Waals surface area contributed by atoms with E-state index >= 15 is 0 Å². The van der Waals surface area contributed by atoms with Crippen LogP contribution in [0.5, 0.6) is 0 Å². The third kappa shape index (κ3) is 5.01. The van der Waals surface area contributed by atoms with E-state index in [1.807, 2.05) is 30.7 Å². The van der Waals surface area contributed by atoms with Crippen molar-refractivity contribution >= 4 is 5.91 Å². The molecule has 172 valence electrons. The molecule has 0 spiro atoms. The Hall–Kier alpha value is -2.34. The van der Waals surface area contributed by atoms with Crippen LogP contribution in [0.1, 0.15) is 76.9 Å². The number of nitrogens with zero attached hydrogens (tertiary/aromatic N) is 5. The normalized spacial score (nSPS) is 20.6. The van der Waals surface area contributed by atoms with Crippen LogP contribution >= 0.6 is 0 Å². The summed E-state index contributed by atoms with van der Waals surface area (Å²) in [5.74, 6) is 1.34. The fraction of sp³-hybridized carbons (Fsp3) is 0.615. The molecule has 0 bridgehead atoms.